The quantitative estimate of drug-likeness (QED) is 0.731. The van der Waals surface area contributed by atoms with Crippen LogP contribution in [0.2, 0.25) is 0 Å². The van der Waals surface area contributed by atoms with Gasteiger partial charge in [-0.25, -0.2) is 4.79 Å². The zero-order valence-corrected chi connectivity index (χ0v) is 11.9. The molecule has 2 N–H and O–H groups in total. The van der Waals surface area contributed by atoms with Crippen LogP contribution in [0, 0.1) is 0 Å². The van der Waals surface area contributed by atoms with Crippen molar-refractivity contribution in [2.75, 3.05) is 26.2 Å². The molecule has 6 nitrogen and oxygen atoms in total. The molecule has 0 saturated carbocycles. The van der Waals surface area contributed by atoms with Gasteiger partial charge in [-0.2, -0.15) is 0 Å². The molecule has 0 aromatic heterocycles. The van der Waals surface area contributed by atoms with E-state index in [4.69, 9.17) is 4.74 Å². The van der Waals surface area contributed by atoms with Gasteiger partial charge in [-0.15, -0.1) is 0 Å². The lowest BCUT2D eigenvalue weighted by Crippen LogP contribution is -2.57. The Bertz CT molecular complexity index is 370. The predicted molar refractivity (Wildman–Crippen MR) is 70.8 cm³/mol. The van der Waals surface area contributed by atoms with E-state index < -0.39 is 5.54 Å². The van der Waals surface area contributed by atoms with E-state index in [1.165, 1.54) is 4.90 Å². The van der Waals surface area contributed by atoms with E-state index in [2.05, 4.69) is 10.6 Å². The number of amides is 3. The molecule has 2 aliphatic heterocycles. The molecule has 0 bridgehead atoms. The zero-order valence-electron chi connectivity index (χ0n) is 11.9. The van der Waals surface area contributed by atoms with Gasteiger partial charge in [-0.3, -0.25) is 9.69 Å². The van der Waals surface area contributed by atoms with Gasteiger partial charge in [0.15, 0.2) is 0 Å². The third-order valence-corrected chi connectivity index (χ3v) is 3.48. The van der Waals surface area contributed by atoms with E-state index in [0.717, 1.165) is 13.0 Å². The van der Waals surface area contributed by atoms with E-state index in [0.29, 0.717) is 26.1 Å². The number of piperidine rings is 1. The Balaban J connectivity index is 1.95. The molecule has 0 radical (unpaired) electrons. The second kappa shape index (κ2) is 5.09. The average Bonchev–Trinajstić information content (AvgIpc) is 2.53. The van der Waals surface area contributed by atoms with Gasteiger partial charge in [-0.1, -0.05) is 0 Å². The Morgan fingerprint density at radius 2 is 2.11 bits per heavy atom. The van der Waals surface area contributed by atoms with Crippen molar-refractivity contribution in [3.63, 3.8) is 0 Å². The molecule has 2 fully saturated rings. The first-order valence-electron chi connectivity index (χ1n) is 6.83. The van der Waals surface area contributed by atoms with Crippen LogP contribution in [0.4, 0.5) is 4.79 Å². The molecule has 1 spiro atoms. The Morgan fingerprint density at radius 1 is 1.37 bits per heavy atom. The third-order valence-electron chi connectivity index (χ3n) is 3.48. The van der Waals surface area contributed by atoms with Gasteiger partial charge in [-0.05, 0) is 40.2 Å². The summed E-state index contributed by atoms with van der Waals surface area (Å²) >= 11 is 0. The van der Waals surface area contributed by atoms with Crippen molar-refractivity contribution >= 4 is 11.9 Å². The SMILES string of the molecule is CC(C)(C)OCCN1C(=O)NC2(CCCNC2)C1=O. The summed E-state index contributed by atoms with van der Waals surface area (Å²) in [5.41, 5.74) is -0.986. The van der Waals surface area contributed by atoms with Crippen molar-refractivity contribution < 1.29 is 14.3 Å². The van der Waals surface area contributed by atoms with Gasteiger partial charge >= 0.3 is 6.03 Å². The van der Waals surface area contributed by atoms with Gasteiger partial charge < -0.3 is 15.4 Å². The highest BCUT2D eigenvalue weighted by Crippen LogP contribution is 2.24. The fourth-order valence-electron chi connectivity index (χ4n) is 2.52. The molecule has 0 aliphatic carbocycles. The molecule has 2 rings (SSSR count). The number of hydrogen-bond acceptors (Lipinski definition) is 4. The highest BCUT2D eigenvalue weighted by atomic mass is 16.5. The summed E-state index contributed by atoms with van der Waals surface area (Å²) in [7, 11) is 0. The minimum atomic E-state index is -0.725. The molecule has 19 heavy (non-hydrogen) atoms. The first-order valence-corrected chi connectivity index (χ1v) is 6.83. The molecular formula is C13H23N3O3. The first kappa shape index (κ1) is 14.3. The smallest absolute Gasteiger partial charge is 0.325 e. The third kappa shape index (κ3) is 3.06. The zero-order chi connectivity index (χ0) is 14.1. The maximum Gasteiger partial charge on any atom is 0.325 e. The van der Waals surface area contributed by atoms with Crippen LogP contribution in [0.3, 0.4) is 0 Å². The van der Waals surface area contributed by atoms with E-state index in [1.54, 1.807) is 0 Å². The van der Waals surface area contributed by atoms with Crippen molar-refractivity contribution in [3.8, 4) is 0 Å². The van der Waals surface area contributed by atoms with Crippen molar-refractivity contribution in [3.05, 3.63) is 0 Å². The maximum atomic E-state index is 12.4. The minimum absolute atomic E-state index is 0.123. The van der Waals surface area contributed by atoms with E-state index in [-0.39, 0.29) is 17.5 Å². The van der Waals surface area contributed by atoms with Gasteiger partial charge in [0.1, 0.15) is 5.54 Å². The fourth-order valence-corrected chi connectivity index (χ4v) is 2.52. The Morgan fingerprint density at radius 3 is 2.68 bits per heavy atom. The summed E-state index contributed by atoms with van der Waals surface area (Å²) in [6.45, 7) is 7.95. The highest BCUT2D eigenvalue weighted by Gasteiger charge is 2.51. The molecule has 0 aromatic carbocycles. The maximum absolute atomic E-state index is 12.4. The predicted octanol–water partition coefficient (Wildman–Crippen LogP) is 0.476. The number of nitrogens with zero attached hydrogens (tertiary/aromatic N) is 1. The molecule has 6 heteroatoms. The fraction of sp³-hybridized carbons (Fsp3) is 0.846. The lowest BCUT2D eigenvalue weighted by Gasteiger charge is -2.31. The van der Waals surface area contributed by atoms with Gasteiger partial charge in [0.25, 0.3) is 5.91 Å². The van der Waals surface area contributed by atoms with Gasteiger partial charge in [0.05, 0.1) is 18.8 Å². The van der Waals surface area contributed by atoms with Crippen molar-refractivity contribution in [1.29, 1.82) is 0 Å². The van der Waals surface area contributed by atoms with Crippen LogP contribution < -0.4 is 10.6 Å². The van der Waals surface area contributed by atoms with E-state index in [1.807, 2.05) is 20.8 Å². The lowest BCUT2D eigenvalue weighted by atomic mass is 9.90. The molecular weight excluding hydrogens is 246 g/mol. The molecule has 1 unspecified atom stereocenters. The van der Waals surface area contributed by atoms with Gasteiger partial charge in [0.2, 0.25) is 0 Å². The Labute approximate surface area is 113 Å². The van der Waals surface area contributed by atoms with Gasteiger partial charge in [0, 0.05) is 6.54 Å². The monoisotopic (exact) mass is 269 g/mol. The van der Waals surface area contributed by atoms with Crippen LogP contribution in [-0.4, -0.2) is 54.2 Å². The van der Waals surface area contributed by atoms with Crippen molar-refractivity contribution in [2.24, 2.45) is 0 Å². The average molecular weight is 269 g/mol. The number of hydrogen-bond donors (Lipinski definition) is 2. The van der Waals surface area contributed by atoms with Crippen molar-refractivity contribution in [1.82, 2.24) is 15.5 Å². The van der Waals surface area contributed by atoms with Crippen LogP contribution in [0.15, 0.2) is 0 Å². The van der Waals surface area contributed by atoms with Crippen molar-refractivity contribution in [2.45, 2.75) is 44.8 Å². The minimum Gasteiger partial charge on any atom is -0.374 e. The second-order valence-electron chi connectivity index (χ2n) is 6.21. The molecule has 3 amide bonds. The Hall–Kier alpha value is -1.14. The first-order chi connectivity index (χ1) is 8.84. The summed E-state index contributed by atoms with van der Waals surface area (Å²) in [5, 5.41) is 6.01. The number of rotatable bonds is 3. The van der Waals surface area contributed by atoms with Crippen LogP contribution in [0.5, 0.6) is 0 Å². The van der Waals surface area contributed by atoms with Crippen LogP contribution in [0.1, 0.15) is 33.6 Å². The van der Waals surface area contributed by atoms with E-state index in [9.17, 15) is 9.59 Å². The lowest BCUT2D eigenvalue weighted by molar-refractivity contribution is -0.133. The summed E-state index contributed by atoms with van der Waals surface area (Å²) in [6.07, 6.45) is 1.61. The number of carbonyl (C=O) groups is 2. The largest absolute Gasteiger partial charge is 0.374 e. The second-order valence-corrected chi connectivity index (χ2v) is 6.21. The highest BCUT2D eigenvalue weighted by molar-refractivity contribution is 6.07. The molecule has 2 aliphatic rings. The number of imide groups is 1. The van der Waals surface area contributed by atoms with Crippen LogP contribution in [-0.2, 0) is 9.53 Å². The molecule has 1 atom stereocenters. The molecule has 2 saturated heterocycles. The summed E-state index contributed by atoms with van der Waals surface area (Å²) in [6, 6.07) is -0.300. The van der Waals surface area contributed by atoms with E-state index >= 15 is 0 Å². The summed E-state index contributed by atoms with van der Waals surface area (Å²) < 4.78 is 5.57. The Kier molecular flexibility index (Phi) is 3.82. The topological polar surface area (TPSA) is 70.7 Å². The summed E-state index contributed by atoms with van der Waals surface area (Å²) in [5.74, 6) is -0.123. The number of carbonyl (C=O) groups excluding carboxylic acids is 2. The van der Waals surface area contributed by atoms with Crippen LogP contribution in [0.25, 0.3) is 0 Å². The normalized spacial score (nSPS) is 28.1. The molecule has 2 heterocycles. The number of nitrogens with one attached hydrogen (secondary N) is 2. The molecule has 108 valence electrons. The van der Waals surface area contributed by atoms with Crippen LogP contribution >= 0.6 is 0 Å². The summed E-state index contributed by atoms with van der Waals surface area (Å²) in [4.78, 5) is 25.6. The number of ether oxygens (including phenoxy) is 1. The number of urea groups is 1. The molecule has 0 aromatic rings. The standard InChI is InChI=1S/C13H23N3O3/c1-12(2,3)19-8-7-16-10(17)13(15-11(16)18)5-4-6-14-9-13/h14H,4-9H2,1-3H3,(H,15,18).